The van der Waals surface area contributed by atoms with E-state index in [0.29, 0.717) is 6.04 Å². The number of aromatic nitrogens is 2. The highest BCUT2D eigenvalue weighted by molar-refractivity contribution is 5.19. The number of hydrogen-bond acceptors (Lipinski definition) is 2. The Morgan fingerprint density at radius 1 is 1.62 bits per heavy atom. The van der Waals surface area contributed by atoms with E-state index in [1.54, 1.807) is 0 Å². The summed E-state index contributed by atoms with van der Waals surface area (Å²) in [5.41, 5.74) is 2.58. The molecular weight excluding hydrogens is 162 g/mol. The van der Waals surface area contributed by atoms with Crippen LogP contribution in [-0.2, 0) is 7.05 Å². The molecule has 1 aromatic rings. The number of nitrogens with zero attached hydrogens (tertiary/aromatic N) is 3. The molecule has 0 aliphatic carbocycles. The van der Waals surface area contributed by atoms with Crippen LogP contribution in [0.3, 0.4) is 0 Å². The molecule has 1 rings (SSSR count). The molecule has 1 unspecified atom stereocenters. The van der Waals surface area contributed by atoms with E-state index >= 15 is 0 Å². The second-order valence-electron chi connectivity index (χ2n) is 3.56. The maximum atomic E-state index is 4.24. The summed E-state index contributed by atoms with van der Waals surface area (Å²) in [7, 11) is 4.12. The van der Waals surface area contributed by atoms with Gasteiger partial charge in [0, 0.05) is 24.3 Å². The Labute approximate surface area is 80.4 Å². The maximum Gasteiger partial charge on any atom is 0.0540 e. The fourth-order valence-electron chi connectivity index (χ4n) is 1.44. The van der Waals surface area contributed by atoms with Crippen LogP contribution in [0.5, 0.6) is 0 Å². The molecular formula is C10H19N3. The molecule has 0 radical (unpaired) electrons. The van der Waals surface area contributed by atoms with Gasteiger partial charge in [-0.2, -0.15) is 5.10 Å². The van der Waals surface area contributed by atoms with Gasteiger partial charge < -0.3 is 0 Å². The Morgan fingerprint density at radius 3 is 2.62 bits per heavy atom. The standard InChI is InChI=1S/C10H19N3/c1-6-12(4)8(2)10-7-11-13(5)9(10)3/h7-8H,6H2,1-5H3. The molecule has 0 saturated carbocycles. The second kappa shape index (κ2) is 3.92. The monoisotopic (exact) mass is 181 g/mol. The first-order chi connectivity index (χ1) is 6.07. The minimum Gasteiger partial charge on any atom is -0.300 e. The molecule has 0 bridgehead atoms. The third kappa shape index (κ3) is 1.91. The molecule has 0 aliphatic heterocycles. The summed E-state index contributed by atoms with van der Waals surface area (Å²) in [5, 5.41) is 4.24. The average molecular weight is 181 g/mol. The van der Waals surface area contributed by atoms with E-state index in [9.17, 15) is 0 Å². The summed E-state index contributed by atoms with van der Waals surface area (Å²) < 4.78 is 1.93. The van der Waals surface area contributed by atoms with Crippen LogP contribution in [0.25, 0.3) is 0 Å². The maximum absolute atomic E-state index is 4.24. The smallest absolute Gasteiger partial charge is 0.0540 e. The van der Waals surface area contributed by atoms with Crippen molar-refractivity contribution in [2.24, 2.45) is 7.05 Å². The third-order valence-electron chi connectivity index (χ3n) is 2.88. The molecule has 1 aromatic heterocycles. The third-order valence-corrected chi connectivity index (χ3v) is 2.88. The highest BCUT2D eigenvalue weighted by atomic mass is 15.3. The molecule has 1 heterocycles. The first kappa shape index (κ1) is 10.3. The van der Waals surface area contributed by atoms with E-state index in [4.69, 9.17) is 0 Å². The second-order valence-corrected chi connectivity index (χ2v) is 3.56. The Kier molecular flexibility index (Phi) is 3.09. The van der Waals surface area contributed by atoms with Gasteiger partial charge >= 0.3 is 0 Å². The Balaban J connectivity index is 2.88. The minimum atomic E-state index is 0.457. The van der Waals surface area contributed by atoms with Gasteiger partial charge in [-0.25, -0.2) is 0 Å². The van der Waals surface area contributed by atoms with E-state index < -0.39 is 0 Å². The van der Waals surface area contributed by atoms with Gasteiger partial charge in [-0.05, 0) is 27.4 Å². The topological polar surface area (TPSA) is 21.1 Å². The molecule has 0 saturated heterocycles. The summed E-state index contributed by atoms with van der Waals surface area (Å²) in [6.07, 6.45) is 1.96. The van der Waals surface area contributed by atoms with Crippen molar-refractivity contribution in [2.75, 3.05) is 13.6 Å². The molecule has 0 N–H and O–H groups in total. The molecule has 1 atom stereocenters. The van der Waals surface area contributed by atoms with Crippen LogP contribution in [-0.4, -0.2) is 28.3 Å². The number of aryl methyl sites for hydroxylation is 1. The molecule has 0 aromatic carbocycles. The highest BCUT2D eigenvalue weighted by Crippen LogP contribution is 2.20. The molecule has 3 nitrogen and oxygen atoms in total. The zero-order chi connectivity index (χ0) is 10.0. The Bertz CT molecular complexity index is 278. The van der Waals surface area contributed by atoms with Crippen LogP contribution < -0.4 is 0 Å². The van der Waals surface area contributed by atoms with Gasteiger partial charge in [0.05, 0.1) is 6.20 Å². The largest absolute Gasteiger partial charge is 0.300 e. The summed E-state index contributed by atoms with van der Waals surface area (Å²) in [6, 6.07) is 0.457. The van der Waals surface area contributed by atoms with E-state index in [1.165, 1.54) is 11.3 Å². The molecule has 74 valence electrons. The average Bonchev–Trinajstić information content (AvgIpc) is 2.45. The predicted octanol–water partition coefficient (Wildman–Crippen LogP) is 1.74. The SMILES string of the molecule is CCN(C)C(C)c1cnn(C)c1C. The van der Waals surface area contributed by atoms with Gasteiger partial charge in [-0.1, -0.05) is 6.92 Å². The number of rotatable bonds is 3. The van der Waals surface area contributed by atoms with Crippen molar-refractivity contribution in [3.05, 3.63) is 17.5 Å². The van der Waals surface area contributed by atoms with Crippen LogP contribution in [0, 0.1) is 6.92 Å². The zero-order valence-electron chi connectivity index (χ0n) is 9.20. The first-order valence-corrected chi connectivity index (χ1v) is 4.76. The Morgan fingerprint density at radius 2 is 2.23 bits per heavy atom. The van der Waals surface area contributed by atoms with Gasteiger partial charge in [0.15, 0.2) is 0 Å². The van der Waals surface area contributed by atoms with Crippen molar-refractivity contribution in [3.8, 4) is 0 Å². The lowest BCUT2D eigenvalue weighted by molar-refractivity contribution is 0.275. The van der Waals surface area contributed by atoms with Crippen molar-refractivity contribution in [1.29, 1.82) is 0 Å². The summed E-state index contributed by atoms with van der Waals surface area (Å²) >= 11 is 0. The fourth-order valence-corrected chi connectivity index (χ4v) is 1.44. The first-order valence-electron chi connectivity index (χ1n) is 4.76. The van der Waals surface area contributed by atoms with Gasteiger partial charge in [0.2, 0.25) is 0 Å². The van der Waals surface area contributed by atoms with Gasteiger partial charge in [0.1, 0.15) is 0 Å². The van der Waals surface area contributed by atoms with E-state index in [1.807, 2.05) is 17.9 Å². The zero-order valence-corrected chi connectivity index (χ0v) is 9.20. The van der Waals surface area contributed by atoms with E-state index in [0.717, 1.165) is 6.54 Å². The lowest BCUT2D eigenvalue weighted by atomic mass is 10.1. The summed E-state index contributed by atoms with van der Waals surface area (Å²) in [4.78, 5) is 2.31. The van der Waals surface area contributed by atoms with E-state index in [-0.39, 0.29) is 0 Å². The van der Waals surface area contributed by atoms with Gasteiger partial charge in [0.25, 0.3) is 0 Å². The van der Waals surface area contributed by atoms with Crippen LogP contribution in [0.4, 0.5) is 0 Å². The minimum absolute atomic E-state index is 0.457. The molecule has 0 amide bonds. The lowest BCUT2D eigenvalue weighted by Crippen LogP contribution is -2.22. The Hall–Kier alpha value is -0.830. The predicted molar refractivity (Wildman–Crippen MR) is 54.7 cm³/mol. The van der Waals surface area contributed by atoms with Crippen LogP contribution >= 0.6 is 0 Å². The molecule has 13 heavy (non-hydrogen) atoms. The van der Waals surface area contributed by atoms with Gasteiger partial charge in [-0.15, -0.1) is 0 Å². The van der Waals surface area contributed by atoms with Crippen LogP contribution in [0.1, 0.15) is 31.1 Å². The van der Waals surface area contributed by atoms with Gasteiger partial charge in [-0.3, -0.25) is 9.58 Å². The highest BCUT2D eigenvalue weighted by Gasteiger charge is 2.14. The molecule has 3 heteroatoms. The van der Waals surface area contributed by atoms with Crippen molar-refractivity contribution < 1.29 is 0 Å². The quantitative estimate of drug-likeness (QED) is 0.708. The molecule has 0 fully saturated rings. The van der Waals surface area contributed by atoms with E-state index in [2.05, 4.69) is 37.8 Å². The van der Waals surface area contributed by atoms with Crippen molar-refractivity contribution in [3.63, 3.8) is 0 Å². The lowest BCUT2D eigenvalue weighted by Gasteiger charge is -2.22. The van der Waals surface area contributed by atoms with Crippen molar-refractivity contribution >= 4 is 0 Å². The fraction of sp³-hybridized carbons (Fsp3) is 0.700. The molecule has 0 aliphatic rings. The van der Waals surface area contributed by atoms with Crippen LogP contribution in [0.15, 0.2) is 6.20 Å². The van der Waals surface area contributed by atoms with Crippen molar-refractivity contribution in [1.82, 2.24) is 14.7 Å². The van der Waals surface area contributed by atoms with Crippen molar-refractivity contribution in [2.45, 2.75) is 26.8 Å². The number of hydrogen-bond donors (Lipinski definition) is 0. The normalized spacial score (nSPS) is 13.7. The van der Waals surface area contributed by atoms with Crippen LogP contribution in [0.2, 0.25) is 0 Å². The summed E-state index contributed by atoms with van der Waals surface area (Å²) in [5.74, 6) is 0. The summed E-state index contributed by atoms with van der Waals surface area (Å²) in [6.45, 7) is 7.56. The molecule has 0 spiro atoms.